The first kappa shape index (κ1) is 18.2. The van der Waals surface area contributed by atoms with Crippen molar-refractivity contribution >= 4 is 11.9 Å². The second-order valence-corrected chi connectivity index (χ2v) is 6.95. The van der Waals surface area contributed by atoms with Crippen molar-refractivity contribution in [1.29, 1.82) is 0 Å². The van der Waals surface area contributed by atoms with E-state index >= 15 is 0 Å². The quantitative estimate of drug-likeness (QED) is 0.834. The van der Waals surface area contributed by atoms with E-state index in [4.69, 9.17) is 0 Å². The molecule has 1 aliphatic rings. The van der Waals surface area contributed by atoms with Gasteiger partial charge in [0.2, 0.25) is 0 Å². The monoisotopic (exact) mass is 355 g/mol. The van der Waals surface area contributed by atoms with E-state index in [1.165, 1.54) is 6.42 Å². The summed E-state index contributed by atoms with van der Waals surface area (Å²) in [6.45, 7) is 0.0528. The van der Waals surface area contributed by atoms with Crippen LogP contribution in [0, 0.1) is 0 Å². The highest BCUT2D eigenvalue weighted by molar-refractivity contribution is 5.95. The van der Waals surface area contributed by atoms with Crippen molar-refractivity contribution in [3.05, 3.63) is 53.3 Å². The van der Waals surface area contributed by atoms with Crippen LogP contribution in [-0.2, 0) is 11.8 Å². The van der Waals surface area contributed by atoms with Gasteiger partial charge in [0.15, 0.2) is 0 Å². The van der Waals surface area contributed by atoms with E-state index in [-0.39, 0.29) is 12.5 Å². The van der Waals surface area contributed by atoms with E-state index in [9.17, 15) is 14.7 Å². The molecule has 0 spiro atoms. The highest BCUT2D eigenvalue weighted by atomic mass is 16.4. The van der Waals surface area contributed by atoms with Gasteiger partial charge in [-0.15, -0.1) is 0 Å². The largest absolute Gasteiger partial charge is 0.481 e. The number of carboxylic acid groups (broad SMARTS) is 1. The van der Waals surface area contributed by atoms with Gasteiger partial charge in [0, 0.05) is 25.7 Å². The van der Waals surface area contributed by atoms with Crippen molar-refractivity contribution in [1.82, 2.24) is 15.1 Å². The molecule has 1 amide bonds. The standard InChI is InChI=1S/C20H25N3O3/c1-23-13-17(18(22-23)15-10-6-3-7-11-15)19(24)21-12-16(20(25)26)14-8-4-2-5-9-14/h2,4-5,8-9,13,15-16H,3,6-7,10-12H2,1H3,(H,21,24)(H,25,26). The summed E-state index contributed by atoms with van der Waals surface area (Å²) < 4.78 is 1.67. The minimum absolute atomic E-state index is 0.0528. The number of aromatic nitrogens is 2. The summed E-state index contributed by atoms with van der Waals surface area (Å²) in [5, 5.41) is 16.8. The number of benzene rings is 1. The molecule has 1 heterocycles. The fourth-order valence-corrected chi connectivity index (χ4v) is 3.68. The molecule has 1 aromatic carbocycles. The maximum atomic E-state index is 12.7. The lowest BCUT2D eigenvalue weighted by atomic mass is 9.85. The molecule has 0 radical (unpaired) electrons. The number of aryl methyl sites for hydroxylation is 1. The van der Waals surface area contributed by atoms with Gasteiger partial charge in [-0.25, -0.2) is 0 Å². The van der Waals surface area contributed by atoms with Gasteiger partial charge < -0.3 is 10.4 Å². The third kappa shape index (κ3) is 4.12. The van der Waals surface area contributed by atoms with E-state index in [1.807, 2.05) is 13.1 Å². The van der Waals surface area contributed by atoms with Gasteiger partial charge in [-0.05, 0) is 18.4 Å². The van der Waals surface area contributed by atoms with Crippen molar-refractivity contribution < 1.29 is 14.7 Å². The molecule has 0 saturated heterocycles. The fraction of sp³-hybridized carbons (Fsp3) is 0.450. The molecule has 1 aliphatic carbocycles. The summed E-state index contributed by atoms with van der Waals surface area (Å²) in [6, 6.07) is 8.98. The van der Waals surface area contributed by atoms with Crippen LogP contribution in [-0.4, -0.2) is 33.3 Å². The van der Waals surface area contributed by atoms with Crippen LogP contribution in [0.3, 0.4) is 0 Å². The number of carbonyl (C=O) groups excluding carboxylic acids is 1. The average Bonchev–Trinajstić information content (AvgIpc) is 3.05. The Morgan fingerprint density at radius 2 is 1.92 bits per heavy atom. The summed E-state index contributed by atoms with van der Waals surface area (Å²) >= 11 is 0. The Hall–Kier alpha value is -2.63. The zero-order valence-corrected chi connectivity index (χ0v) is 15.0. The molecule has 3 rings (SSSR count). The van der Waals surface area contributed by atoms with E-state index in [1.54, 1.807) is 35.1 Å². The van der Waals surface area contributed by atoms with Crippen LogP contribution in [0.4, 0.5) is 0 Å². The van der Waals surface area contributed by atoms with Crippen LogP contribution >= 0.6 is 0 Å². The van der Waals surface area contributed by atoms with E-state index in [2.05, 4.69) is 10.4 Å². The number of aliphatic carboxylic acids is 1. The molecule has 1 aromatic heterocycles. The molecule has 2 aromatic rings. The second kappa shape index (κ2) is 8.17. The number of amides is 1. The maximum Gasteiger partial charge on any atom is 0.312 e. The summed E-state index contributed by atoms with van der Waals surface area (Å²) in [5.41, 5.74) is 2.09. The highest BCUT2D eigenvalue weighted by Crippen LogP contribution is 2.33. The minimum atomic E-state index is -0.949. The lowest BCUT2D eigenvalue weighted by molar-refractivity contribution is -0.138. The predicted octanol–water partition coefficient (Wildman–Crippen LogP) is 3.07. The van der Waals surface area contributed by atoms with Crippen molar-refractivity contribution in [2.24, 2.45) is 7.05 Å². The highest BCUT2D eigenvalue weighted by Gasteiger charge is 2.26. The van der Waals surface area contributed by atoms with E-state index in [0.29, 0.717) is 17.0 Å². The predicted molar refractivity (Wildman–Crippen MR) is 98.2 cm³/mol. The molecule has 1 fully saturated rings. The molecule has 26 heavy (non-hydrogen) atoms. The number of hydrogen-bond donors (Lipinski definition) is 2. The van der Waals surface area contributed by atoms with Crippen molar-refractivity contribution in [2.45, 2.75) is 43.9 Å². The molecule has 6 nitrogen and oxygen atoms in total. The van der Waals surface area contributed by atoms with Crippen molar-refractivity contribution in [2.75, 3.05) is 6.54 Å². The Morgan fingerprint density at radius 1 is 1.23 bits per heavy atom. The molecule has 1 unspecified atom stereocenters. The van der Waals surface area contributed by atoms with Crippen molar-refractivity contribution in [3.8, 4) is 0 Å². The first-order valence-electron chi connectivity index (χ1n) is 9.15. The third-order valence-corrected chi connectivity index (χ3v) is 5.06. The molecule has 1 saturated carbocycles. The van der Waals surface area contributed by atoms with Crippen molar-refractivity contribution in [3.63, 3.8) is 0 Å². The number of nitrogens with zero attached hydrogens (tertiary/aromatic N) is 2. The van der Waals surface area contributed by atoms with Gasteiger partial charge in [0.25, 0.3) is 5.91 Å². The number of rotatable bonds is 6. The van der Waals surface area contributed by atoms with Gasteiger partial charge in [-0.2, -0.15) is 5.10 Å². The Balaban J connectivity index is 1.72. The first-order valence-corrected chi connectivity index (χ1v) is 9.15. The summed E-state index contributed by atoms with van der Waals surface area (Å²) in [6.07, 6.45) is 7.41. The van der Waals surface area contributed by atoms with Crippen LogP contribution in [0.2, 0.25) is 0 Å². The zero-order chi connectivity index (χ0) is 18.5. The maximum absolute atomic E-state index is 12.7. The van der Waals surface area contributed by atoms with Crippen LogP contribution in [0.25, 0.3) is 0 Å². The fourth-order valence-electron chi connectivity index (χ4n) is 3.68. The molecular formula is C20H25N3O3. The average molecular weight is 355 g/mol. The van der Waals surface area contributed by atoms with Gasteiger partial charge in [-0.1, -0.05) is 49.6 Å². The van der Waals surface area contributed by atoms with Gasteiger partial charge in [0.05, 0.1) is 17.2 Å². The molecule has 1 atom stereocenters. The third-order valence-electron chi connectivity index (χ3n) is 5.06. The van der Waals surface area contributed by atoms with Gasteiger partial charge >= 0.3 is 5.97 Å². The van der Waals surface area contributed by atoms with E-state index in [0.717, 1.165) is 31.4 Å². The Morgan fingerprint density at radius 3 is 2.58 bits per heavy atom. The Kier molecular flexibility index (Phi) is 5.71. The van der Waals surface area contributed by atoms with E-state index < -0.39 is 11.9 Å². The van der Waals surface area contributed by atoms with Gasteiger partial charge in [0.1, 0.15) is 0 Å². The molecule has 138 valence electrons. The molecule has 0 aliphatic heterocycles. The number of nitrogens with one attached hydrogen (secondary N) is 1. The molecule has 2 N–H and O–H groups in total. The zero-order valence-electron chi connectivity index (χ0n) is 15.0. The summed E-state index contributed by atoms with van der Waals surface area (Å²) in [5.74, 6) is -1.65. The molecule has 6 heteroatoms. The summed E-state index contributed by atoms with van der Waals surface area (Å²) in [7, 11) is 1.81. The summed E-state index contributed by atoms with van der Waals surface area (Å²) in [4.78, 5) is 24.3. The number of hydrogen-bond acceptors (Lipinski definition) is 3. The second-order valence-electron chi connectivity index (χ2n) is 6.95. The smallest absolute Gasteiger partial charge is 0.312 e. The lowest BCUT2D eigenvalue weighted by Crippen LogP contribution is -2.32. The Bertz CT molecular complexity index is 764. The molecular weight excluding hydrogens is 330 g/mol. The van der Waals surface area contributed by atoms with Crippen LogP contribution in [0.5, 0.6) is 0 Å². The molecule has 0 bridgehead atoms. The lowest BCUT2D eigenvalue weighted by Gasteiger charge is -2.21. The van der Waals surface area contributed by atoms with Crippen LogP contribution < -0.4 is 5.32 Å². The first-order chi connectivity index (χ1) is 12.6. The normalized spacial score (nSPS) is 16.2. The van der Waals surface area contributed by atoms with Crippen LogP contribution in [0.1, 0.15) is 65.6 Å². The minimum Gasteiger partial charge on any atom is -0.481 e. The van der Waals surface area contributed by atoms with Gasteiger partial charge in [-0.3, -0.25) is 14.3 Å². The van der Waals surface area contributed by atoms with Crippen LogP contribution in [0.15, 0.2) is 36.5 Å². The SMILES string of the molecule is Cn1cc(C(=O)NCC(C(=O)O)c2ccccc2)c(C2CCCCC2)n1. The number of carbonyl (C=O) groups is 2. The Labute approximate surface area is 153 Å². The number of carboxylic acids is 1. The topological polar surface area (TPSA) is 84.2 Å².